The van der Waals surface area contributed by atoms with Crippen LogP contribution in [-0.2, 0) is 15.6 Å². The minimum Gasteiger partial charge on any atom is -0.492 e. The fraction of sp³-hybridized carbons (Fsp3) is 0.188. The molecule has 0 saturated heterocycles. The Morgan fingerprint density at radius 1 is 1.19 bits per heavy atom. The number of carbonyl (C=O) groups excluding carboxylic acids is 1. The van der Waals surface area contributed by atoms with E-state index in [9.17, 15) is 9.00 Å². The van der Waals surface area contributed by atoms with Crippen LogP contribution in [0.1, 0.15) is 11.5 Å². The van der Waals surface area contributed by atoms with E-state index in [0.29, 0.717) is 12.3 Å². The molecule has 1 aliphatic heterocycles. The zero-order valence-electron chi connectivity index (χ0n) is 11.5. The highest BCUT2D eigenvalue weighted by atomic mass is 32.2. The smallest absolute Gasteiger partial charge is 0.235 e. The Bertz CT molecular complexity index is 697. The van der Waals surface area contributed by atoms with Crippen LogP contribution in [0.25, 0.3) is 0 Å². The fourth-order valence-corrected chi connectivity index (χ4v) is 2.86. The monoisotopic (exact) mass is 301 g/mol. The predicted octanol–water partition coefficient (Wildman–Crippen LogP) is 2.54. The molecule has 2 aromatic rings. The lowest BCUT2D eigenvalue weighted by Gasteiger charge is -2.10. The Morgan fingerprint density at radius 2 is 1.90 bits per heavy atom. The van der Waals surface area contributed by atoms with Crippen molar-refractivity contribution in [1.29, 1.82) is 0 Å². The molecular weight excluding hydrogens is 286 g/mol. The van der Waals surface area contributed by atoms with Crippen LogP contribution in [0.2, 0.25) is 0 Å². The van der Waals surface area contributed by atoms with Crippen molar-refractivity contribution < 1.29 is 13.7 Å². The summed E-state index contributed by atoms with van der Waals surface area (Å²) < 4.78 is 16.9. The predicted molar refractivity (Wildman–Crippen MR) is 82.1 cm³/mol. The lowest BCUT2D eigenvalue weighted by Crippen LogP contribution is -2.22. The molecule has 0 fully saturated rings. The average Bonchev–Trinajstić information content (AvgIpc) is 2.92. The highest BCUT2D eigenvalue weighted by molar-refractivity contribution is 7.84. The van der Waals surface area contributed by atoms with Crippen molar-refractivity contribution in [2.75, 3.05) is 18.2 Å². The summed E-state index contributed by atoms with van der Waals surface area (Å²) in [5.41, 5.74) is 1.61. The summed E-state index contributed by atoms with van der Waals surface area (Å²) in [6.07, 6.45) is 1.63. The molecule has 0 spiro atoms. The normalized spacial score (nSPS) is 17.7. The first-order valence-corrected chi connectivity index (χ1v) is 8.17. The summed E-state index contributed by atoms with van der Waals surface area (Å²) in [6.45, 7) is 0.363. The summed E-state index contributed by atoms with van der Waals surface area (Å²) in [5, 5.41) is 2.87. The molecular formula is C16H15NO3S. The van der Waals surface area contributed by atoms with Gasteiger partial charge < -0.3 is 10.1 Å². The van der Waals surface area contributed by atoms with Gasteiger partial charge in [0.05, 0.1) is 0 Å². The van der Waals surface area contributed by atoms with Crippen LogP contribution in [-0.4, -0.2) is 23.0 Å². The van der Waals surface area contributed by atoms with Gasteiger partial charge in [-0.3, -0.25) is 9.00 Å². The minimum atomic E-state index is -1.01. The number of fused-ring (bicyclic) bond motifs is 1. The van der Waals surface area contributed by atoms with Gasteiger partial charge in [0, 0.05) is 33.2 Å². The Hall–Kier alpha value is -2.14. The van der Waals surface area contributed by atoms with Crippen molar-refractivity contribution in [1.82, 2.24) is 0 Å². The molecule has 5 heteroatoms. The van der Waals surface area contributed by atoms with Crippen LogP contribution in [0, 0.1) is 0 Å². The molecule has 1 N–H and O–H groups in total. The maximum absolute atomic E-state index is 12.3. The van der Waals surface area contributed by atoms with E-state index in [4.69, 9.17) is 4.74 Å². The minimum absolute atomic E-state index is 0.0923. The molecule has 1 aliphatic rings. The SMILES string of the molecule is C[S@](=O)c1ccc(NC(=O)[C@H]2COc3ccccc32)cc1. The number of benzene rings is 2. The first kappa shape index (κ1) is 13.8. The zero-order valence-corrected chi connectivity index (χ0v) is 12.4. The Balaban J connectivity index is 1.74. The molecule has 108 valence electrons. The quantitative estimate of drug-likeness (QED) is 0.948. The number of anilines is 1. The molecule has 0 unspecified atom stereocenters. The number of amides is 1. The van der Waals surface area contributed by atoms with Gasteiger partial charge in [-0.1, -0.05) is 18.2 Å². The number of nitrogens with one attached hydrogen (secondary N) is 1. The van der Waals surface area contributed by atoms with E-state index >= 15 is 0 Å². The molecule has 21 heavy (non-hydrogen) atoms. The van der Waals surface area contributed by atoms with Crippen LogP contribution in [0.3, 0.4) is 0 Å². The number of hydrogen-bond acceptors (Lipinski definition) is 3. The van der Waals surface area contributed by atoms with Crippen LogP contribution in [0.4, 0.5) is 5.69 Å². The van der Waals surface area contributed by atoms with Gasteiger partial charge in [-0.2, -0.15) is 0 Å². The average molecular weight is 301 g/mol. The van der Waals surface area contributed by atoms with Crippen molar-refractivity contribution in [3.05, 3.63) is 54.1 Å². The summed E-state index contributed by atoms with van der Waals surface area (Å²) in [5.74, 6) is 0.390. The third-order valence-corrected chi connectivity index (χ3v) is 4.41. The molecule has 0 saturated carbocycles. The van der Waals surface area contributed by atoms with Crippen LogP contribution in [0.15, 0.2) is 53.4 Å². The van der Waals surface area contributed by atoms with Gasteiger partial charge in [0.2, 0.25) is 5.91 Å². The summed E-state index contributed by atoms with van der Waals surface area (Å²) in [6, 6.07) is 14.6. The van der Waals surface area contributed by atoms with Gasteiger partial charge in [0.25, 0.3) is 0 Å². The van der Waals surface area contributed by atoms with Crippen molar-refractivity contribution in [3.8, 4) is 5.75 Å². The standard InChI is InChI=1S/C16H15NO3S/c1-21(19)12-8-6-11(7-9-12)17-16(18)14-10-20-15-5-3-2-4-13(14)15/h2-9,14H,10H2,1H3,(H,17,18)/t14-,21-/m0/s1. The van der Waals surface area contributed by atoms with Crippen LogP contribution in [0.5, 0.6) is 5.75 Å². The second kappa shape index (κ2) is 5.69. The molecule has 1 amide bonds. The van der Waals surface area contributed by atoms with Crippen molar-refractivity contribution >= 4 is 22.4 Å². The largest absolute Gasteiger partial charge is 0.492 e. The molecule has 2 aromatic carbocycles. The number of rotatable bonds is 3. The van der Waals surface area contributed by atoms with Gasteiger partial charge in [-0.25, -0.2) is 0 Å². The van der Waals surface area contributed by atoms with E-state index < -0.39 is 10.8 Å². The molecule has 0 aliphatic carbocycles. The van der Waals surface area contributed by atoms with Gasteiger partial charge in [-0.15, -0.1) is 0 Å². The zero-order chi connectivity index (χ0) is 14.8. The molecule has 0 radical (unpaired) electrons. The fourth-order valence-electron chi connectivity index (χ4n) is 2.34. The maximum atomic E-state index is 12.3. The topological polar surface area (TPSA) is 55.4 Å². The first-order valence-electron chi connectivity index (χ1n) is 6.61. The van der Waals surface area contributed by atoms with E-state index in [1.807, 2.05) is 24.3 Å². The van der Waals surface area contributed by atoms with Gasteiger partial charge in [0.1, 0.15) is 18.3 Å². The number of carbonyl (C=O) groups is 1. The molecule has 0 aromatic heterocycles. The highest BCUT2D eigenvalue weighted by Crippen LogP contribution is 2.34. The van der Waals surface area contributed by atoms with Crippen molar-refractivity contribution in [3.63, 3.8) is 0 Å². The van der Waals surface area contributed by atoms with Gasteiger partial charge >= 0.3 is 0 Å². The van der Waals surface area contributed by atoms with Crippen molar-refractivity contribution in [2.24, 2.45) is 0 Å². The highest BCUT2D eigenvalue weighted by Gasteiger charge is 2.29. The van der Waals surface area contributed by atoms with Crippen molar-refractivity contribution in [2.45, 2.75) is 10.8 Å². The van der Waals surface area contributed by atoms with Gasteiger partial charge in [-0.05, 0) is 30.3 Å². The van der Waals surface area contributed by atoms with Crippen LogP contribution >= 0.6 is 0 Å². The number of hydrogen-bond donors (Lipinski definition) is 1. The number of para-hydroxylation sites is 1. The second-order valence-corrected chi connectivity index (χ2v) is 6.25. The molecule has 3 rings (SSSR count). The van der Waals surface area contributed by atoms with E-state index in [2.05, 4.69) is 5.32 Å². The third-order valence-electron chi connectivity index (χ3n) is 3.47. The Kier molecular flexibility index (Phi) is 3.75. The summed E-state index contributed by atoms with van der Waals surface area (Å²) >= 11 is 0. The lowest BCUT2D eigenvalue weighted by molar-refractivity contribution is -0.117. The summed E-state index contributed by atoms with van der Waals surface area (Å²) in [4.78, 5) is 13.1. The number of ether oxygens (including phenoxy) is 1. The Labute approximate surface area is 125 Å². The lowest BCUT2D eigenvalue weighted by atomic mass is 10.0. The third kappa shape index (κ3) is 2.83. The van der Waals surface area contributed by atoms with Gasteiger partial charge in [0.15, 0.2) is 0 Å². The summed E-state index contributed by atoms with van der Waals surface area (Å²) in [7, 11) is -1.01. The van der Waals surface area contributed by atoms with E-state index in [1.165, 1.54) is 0 Å². The first-order chi connectivity index (χ1) is 10.1. The Morgan fingerprint density at radius 3 is 2.62 bits per heavy atom. The second-order valence-electron chi connectivity index (χ2n) is 4.87. The molecule has 1 heterocycles. The molecule has 0 bridgehead atoms. The molecule has 4 nitrogen and oxygen atoms in total. The van der Waals surface area contributed by atoms with E-state index in [1.54, 1.807) is 30.5 Å². The van der Waals surface area contributed by atoms with E-state index in [0.717, 1.165) is 16.2 Å². The van der Waals surface area contributed by atoms with E-state index in [-0.39, 0.29) is 11.8 Å². The molecule has 2 atom stereocenters. The maximum Gasteiger partial charge on any atom is 0.235 e. The van der Waals surface area contributed by atoms with Crippen LogP contribution < -0.4 is 10.1 Å².